The topological polar surface area (TPSA) is 43.4 Å². The molecule has 0 radical (unpaired) electrons. The van der Waals surface area contributed by atoms with Gasteiger partial charge in [0.2, 0.25) is 0 Å². The predicted molar refractivity (Wildman–Crippen MR) is 75.2 cm³/mol. The lowest BCUT2D eigenvalue weighted by Crippen LogP contribution is -2.18. The Kier molecular flexibility index (Phi) is 5.47. The molecule has 1 N–H and O–H groups in total. The molecule has 17 heavy (non-hydrogen) atoms. The van der Waals surface area contributed by atoms with Gasteiger partial charge in [0.05, 0.1) is 22.9 Å². The highest BCUT2D eigenvalue weighted by Crippen LogP contribution is 2.13. The molecular weight excluding hydrogens is 331 g/mol. The number of aromatic nitrogens is 1. The van der Waals surface area contributed by atoms with Gasteiger partial charge in [0.25, 0.3) is 0 Å². The first kappa shape index (κ1) is 13.0. The fourth-order valence-electron chi connectivity index (χ4n) is 1.75. The van der Waals surface area contributed by atoms with Crippen molar-refractivity contribution < 1.29 is 9.47 Å². The zero-order valence-corrected chi connectivity index (χ0v) is 11.9. The molecule has 1 aliphatic rings. The van der Waals surface area contributed by atoms with E-state index in [1.54, 1.807) is 6.20 Å². The van der Waals surface area contributed by atoms with E-state index in [0.717, 1.165) is 29.0 Å². The van der Waals surface area contributed by atoms with Gasteiger partial charge in [-0.2, -0.15) is 0 Å². The molecule has 2 heterocycles. The number of hydrogen-bond donors (Lipinski definition) is 1. The third-order valence-electron chi connectivity index (χ3n) is 2.63. The second-order valence-corrected chi connectivity index (χ2v) is 5.13. The molecule has 0 aliphatic carbocycles. The maximum atomic E-state index is 5.56. The lowest BCUT2D eigenvalue weighted by Gasteiger charge is -2.11. The van der Waals surface area contributed by atoms with Crippen LogP contribution in [0, 0.1) is 3.57 Å². The van der Waals surface area contributed by atoms with Crippen molar-refractivity contribution in [1.29, 1.82) is 0 Å². The Morgan fingerprint density at radius 1 is 1.59 bits per heavy atom. The third kappa shape index (κ3) is 4.40. The second kappa shape index (κ2) is 7.13. The van der Waals surface area contributed by atoms with Crippen molar-refractivity contribution >= 4 is 28.4 Å². The monoisotopic (exact) mass is 348 g/mol. The molecule has 0 aromatic carbocycles. The summed E-state index contributed by atoms with van der Waals surface area (Å²) in [6.07, 6.45) is 4.40. The van der Waals surface area contributed by atoms with Crippen LogP contribution in [0.5, 0.6) is 0 Å². The van der Waals surface area contributed by atoms with E-state index in [0.29, 0.717) is 19.3 Å². The molecule has 1 fully saturated rings. The Balaban J connectivity index is 1.58. The van der Waals surface area contributed by atoms with E-state index in [-0.39, 0.29) is 0 Å². The minimum atomic E-state index is 0.310. The van der Waals surface area contributed by atoms with Crippen LogP contribution in [-0.4, -0.2) is 37.5 Å². The molecule has 0 saturated carbocycles. The first-order chi connectivity index (χ1) is 8.36. The Bertz CT molecular complexity index is 343. The Morgan fingerprint density at radius 3 is 3.29 bits per heavy atom. The molecule has 1 aromatic rings. The Hall–Kier alpha value is -0.400. The summed E-state index contributed by atoms with van der Waals surface area (Å²) in [5, 5.41) is 3.25. The second-order valence-electron chi connectivity index (χ2n) is 3.97. The van der Waals surface area contributed by atoms with Gasteiger partial charge in [0.1, 0.15) is 5.82 Å². The fourth-order valence-corrected chi connectivity index (χ4v) is 2.29. The number of anilines is 1. The van der Waals surface area contributed by atoms with Gasteiger partial charge in [-0.3, -0.25) is 0 Å². The van der Waals surface area contributed by atoms with E-state index in [9.17, 15) is 0 Å². The zero-order valence-electron chi connectivity index (χ0n) is 9.69. The van der Waals surface area contributed by atoms with Gasteiger partial charge in [0, 0.05) is 19.3 Å². The van der Waals surface area contributed by atoms with Crippen LogP contribution in [0.3, 0.4) is 0 Å². The zero-order chi connectivity index (χ0) is 11.9. The molecule has 0 amide bonds. The highest BCUT2D eigenvalue weighted by Gasteiger charge is 2.14. The van der Waals surface area contributed by atoms with E-state index >= 15 is 0 Å². The summed E-state index contributed by atoms with van der Waals surface area (Å²) < 4.78 is 12.2. The lowest BCUT2D eigenvalue weighted by atomic mass is 10.2. The Morgan fingerprint density at radius 2 is 2.53 bits per heavy atom. The van der Waals surface area contributed by atoms with E-state index in [1.165, 1.54) is 6.42 Å². The standard InChI is InChI=1S/C12H17IN2O2/c13-11-4-1-5-14-12(11)15-6-8-16-9-10-3-2-7-17-10/h1,4-5,10H,2-3,6-9H2,(H,14,15)/t10-/m1/s1. The summed E-state index contributed by atoms with van der Waals surface area (Å²) in [7, 11) is 0. The number of nitrogens with zero attached hydrogens (tertiary/aromatic N) is 1. The molecule has 0 spiro atoms. The van der Waals surface area contributed by atoms with Crippen LogP contribution in [-0.2, 0) is 9.47 Å². The van der Waals surface area contributed by atoms with Crippen molar-refractivity contribution in [3.05, 3.63) is 21.9 Å². The van der Waals surface area contributed by atoms with Crippen LogP contribution in [0.15, 0.2) is 18.3 Å². The maximum Gasteiger partial charge on any atom is 0.139 e. The average molecular weight is 348 g/mol. The van der Waals surface area contributed by atoms with Crippen LogP contribution >= 0.6 is 22.6 Å². The molecule has 2 rings (SSSR count). The van der Waals surface area contributed by atoms with Crippen LogP contribution in [0.2, 0.25) is 0 Å². The molecule has 94 valence electrons. The predicted octanol–water partition coefficient (Wildman–Crippen LogP) is 2.29. The van der Waals surface area contributed by atoms with Crippen molar-refractivity contribution in [2.45, 2.75) is 18.9 Å². The van der Waals surface area contributed by atoms with Gasteiger partial charge >= 0.3 is 0 Å². The summed E-state index contributed by atoms with van der Waals surface area (Å²) in [5.74, 6) is 0.925. The summed E-state index contributed by atoms with van der Waals surface area (Å²) in [6.45, 7) is 3.06. The summed E-state index contributed by atoms with van der Waals surface area (Å²) in [6, 6.07) is 3.96. The number of rotatable bonds is 6. The largest absolute Gasteiger partial charge is 0.377 e. The first-order valence-corrected chi connectivity index (χ1v) is 6.98. The highest BCUT2D eigenvalue weighted by atomic mass is 127. The quantitative estimate of drug-likeness (QED) is 0.633. The van der Waals surface area contributed by atoms with Crippen LogP contribution in [0.1, 0.15) is 12.8 Å². The molecule has 0 unspecified atom stereocenters. The summed E-state index contributed by atoms with van der Waals surface area (Å²) in [5.41, 5.74) is 0. The van der Waals surface area contributed by atoms with E-state index < -0.39 is 0 Å². The van der Waals surface area contributed by atoms with Crippen LogP contribution in [0.25, 0.3) is 0 Å². The number of halogens is 1. The summed E-state index contributed by atoms with van der Waals surface area (Å²) >= 11 is 2.27. The molecule has 1 saturated heterocycles. The SMILES string of the molecule is Ic1cccnc1NCCOC[C@H]1CCCO1. The van der Waals surface area contributed by atoms with Crippen LogP contribution in [0.4, 0.5) is 5.82 Å². The van der Waals surface area contributed by atoms with Gasteiger partial charge in [-0.15, -0.1) is 0 Å². The smallest absolute Gasteiger partial charge is 0.139 e. The fraction of sp³-hybridized carbons (Fsp3) is 0.583. The number of hydrogen-bond acceptors (Lipinski definition) is 4. The van der Waals surface area contributed by atoms with Crippen molar-refractivity contribution in [2.75, 3.05) is 31.7 Å². The van der Waals surface area contributed by atoms with E-state index in [4.69, 9.17) is 9.47 Å². The molecule has 1 aliphatic heterocycles. The first-order valence-electron chi connectivity index (χ1n) is 5.90. The van der Waals surface area contributed by atoms with Crippen molar-refractivity contribution in [3.63, 3.8) is 0 Å². The normalized spacial score (nSPS) is 19.5. The number of pyridine rings is 1. The van der Waals surface area contributed by atoms with E-state index in [2.05, 4.69) is 32.9 Å². The average Bonchev–Trinajstić information content (AvgIpc) is 2.84. The molecule has 1 aromatic heterocycles. The van der Waals surface area contributed by atoms with Gasteiger partial charge < -0.3 is 14.8 Å². The van der Waals surface area contributed by atoms with Gasteiger partial charge in [-0.05, 0) is 47.6 Å². The molecule has 1 atom stereocenters. The van der Waals surface area contributed by atoms with Gasteiger partial charge in [0.15, 0.2) is 0 Å². The maximum absolute atomic E-state index is 5.56. The number of nitrogens with one attached hydrogen (secondary N) is 1. The third-order valence-corrected chi connectivity index (χ3v) is 3.50. The molecule has 0 bridgehead atoms. The van der Waals surface area contributed by atoms with Gasteiger partial charge in [-0.25, -0.2) is 4.98 Å². The van der Waals surface area contributed by atoms with Crippen molar-refractivity contribution in [3.8, 4) is 0 Å². The van der Waals surface area contributed by atoms with Crippen molar-refractivity contribution in [1.82, 2.24) is 4.98 Å². The minimum absolute atomic E-state index is 0.310. The Labute approximate surface area is 115 Å². The minimum Gasteiger partial charge on any atom is -0.377 e. The van der Waals surface area contributed by atoms with Crippen molar-refractivity contribution in [2.24, 2.45) is 0 Å². The molecule has 5 heteroatoms. The van der Waals surface area contributed by atoms with E-state index in [1.807, 2.05) is 12.1 Å². The highest BCUT2D eigenvalue weighted by molar-refractivity contribution is 14.1. The van der Waals surface area contributed by atoms with Crippen LogP contribution < -0.4 is 5.32 Å². The van der Waals surface area contributed by atoms with Gasteiger partial charge in [-0.1, -0.05) is 0 Å². The molecular formula is C12H17IN2O2. The molecule has 4 nitrogen and oxygen atoms in total. The summed E-state index contributed by atoms with van der Waals surface area (Å²) in [4.78, 5) is 4.25. The lowest BCUT2D eigenvalue weighted by molar-refractivity contribution is 0.0206. The number of ether oxygens (including phenoxy) is 2.